The van der Waals surface area contributed by atoms with Gasteiger partial charge in [0, 0.05) is 5.69 Å². The number of hydrogen-bond acceptors (Lipinski definition) is 4. The number of halogens is 3. The Labute approximate surface area is 148 Å². The Kier molecular flexibility index (Phi) is 6.53. The first kappa shape index (κ1) is 19.7. The Bertz CT molecular complexity index is 631. The Morgan fingerprint density at radius 3 is 2.54 bits per heavy atom. The number of amides is 1. The van der Waals surface area contributed by atoms with E-state index in [4.69, 9.17) is 10.5 Å². The van der Waals surface area contributed by atoms with E-state index >= 15 is 0 Å². The maximum atomic E-state index is 12.1. The molecule has 1 fully saturated rings. The van der Waals surface area contributed by atoms with E-state index in [1.807, 2.05) is 0 Å². The first-order valence-electron chi connectivity index (χ1n) is 8.13. The van der Waals surface area contributed by atoms with Crippen LogP contribution in [0, 0.1) is 5.92 Å². The summed E-state index contributed by atoms with van der Waals surface area (Å²) in [5.74, 6) is 0.103. The Hall–Kier alpha value is -2.65. The van der Waals surface area contributed by atoms with Crippen LogP contribution in [0.4, 0.5) is 23.7 Å². The Morgan fingerprint density at radius 2 is 2.00 bits per heavy atom. The molecule has 1 unspecified atom stereocenters. The number of carbonyl (C=O) groups is 1. The van der Waals surface area contributed by atoms with Crippen molar-refractivity contribution in [2.75, 3.05) is 18.5 Å². The number of rotatable bonds is 7. The highest BCUT2D eigenvalue weighted by atomic mass is 19.4. The van der Waals surface area contributed by atoms with Gasteiger partial charge >= 0.3 is 12.5 Å². The van der Waals surface area contributed by atoms with Gasteiger partial charge in [-0.3, -0.25) is 4.99 Å². The predicted molar refractivity (Wildman–Crippen MR) is 89.9 cm³/mol. The van der Waals surface area contributed by atoms with Gasteiger partial charge in [0.1, 0.15) is 5.75 Å². The standard InChI is InChI=1S/C16H21F3N4O3/c1-2-25-15(24)23-13(10-3-4-10)9-21-14(20)22-11-5-7-12(8-6-11)26-16(17,18)19/h5-8,10,13H,2-4,9H2,1H3,(H,23,24)(H3,20,21,22). The van der Waals surface area contributed by atoms with Gasteiger partial charge in [-0.2, -0.15) is 0 Å². The SMILES string of the molecule is CCOC(=O)NC(CN=C(N)Nc1ccc(OC(F)(F)F)cc1)C1CC1. The van der Waals surface area contributed by atoms with Crippen LogP contribution in [0.5, 0.6) is 5.75 Å². The second kappa shape index (κ2) is 8.63. The number of alkyl carbamates (subject to hydrolysis) is 1. The molecule has 26 heavy (non-hydrogen) atoms. The molecule has 4 N–H and O–H groups in total. The molecule has 2 rings (SSSR count). The second-order valence-electron chi connectivity index (χ2n) is 5.73. The molecule has 0 aromatic heterocycles. The number of aliphatic imine (C=N–C) groups is 1. The summed E-state index contributed by atoms with van der Waals surface area (Å²) < 4.78 is 45.0. The van der Waals surface area contributed by atoms with Gasteiger partial charge < -0.3 is 25.8 Å². The first-order valence-corrected chi connectivity index (χ1v) is 8.13. The number of guanidine groups is 1. The van der Waals surface area contributed by atoms with Gasteiger partial charge in [0.25, 0.3) is 0 Å². The monoisotopic (exact) mass is 374 g/mol. The van der Waals surface area contributed by atoms with E-state index in [1.54, 1.807) is 6.92 Å². The third-order valence-corrected chi connectivity index (χ3v) is 3.59. The molecule has 0 bridgehead atoms. The molecular formula is C16H21F3N4O3. The van der Waals surface area contributed by atoms with E-state index in [1.165, 1.54) is 24.3 Å². The van der Waals surface area contributed by atoms with Gasteiger partial charge in [-0.15, -0.1) is 13.2 Å². The molecule has 1 saturated carbocycles. The van der Waals surface area contributed by atoms with Crippen molar-refractivity contribution in [1.29, 1.82) is 0 Å². The zero-order chi connectivity index (χ0) is 19.2. The van der Waals surface area contributed by atoms with Gasteiger partial charge in [-0.05, 0) is 49.9 Å². The number of nitrogens with two attached hydrogens (primary N) is 1. The minimum Gasteiger partial charge on any atom is -0.450 e. The van der Waals surface area contributed by atoms with Crippen LogP contribution in [0.1, 0.15) is 19.8 Å². The molecule has 1 amide bonds. The van der Waals surface area contributed by atoms with Crippen molar-refractivity contribution in [1.82, 2.24) is 5.32 Å². The third kappa shape index (κ3) is 7.08. The highest BCUT2D eigenvalue weighted by Crippen LogP contribution is 2.32. The second-order valence-corrected chi connectivity index (χ2v) is 5.73. The molecule has 1 aromatic carbocycles. The number of hydrogen-bond donors (Lipinski definition) is 3. The zero-order valence-corrected chi connectivity index (χ0v) is 14.2. The summed E-state index contributed by atoms with van der Waals surface area (Å²) in [5.41, 5.74) is 6.25. The molecule has 0 spiro atoms. The Balaban J connectivity index is 1.87. The van der Waals surface area contributed by atoms with Gasteiger partial charge in [0.05, 0.1) is 19.2 Å². The normalized spacial score (nSPS) is 15.9. The fourth-order valence-electron chi connectivity index (χ4n) is 2.26. The molecule has 1 aromatic rings. The fraction of sp³-hybridized carbons (Fsp3) is 0.500. The van der Waals surface area contributed by atoms with Crippen LogP contribution < -0.4 is 21.1 Å². The molecule has 0 saturated heterocycles. The number of ether oxygens (including phenoxy) is 2. The Morgan fingerprint density at radius 1 is 1.35 bits per heavy atom. The molecule has 0 heterocycles. The summed E-state index contributed by atoms with van der Waals surface area (Å²) in [6.07, 6.45) is -3.23. The molecule has 1 atom stereocenters. The quantitative estimate of drug-likeness (QED) is 0.504. The molecule has 10 heteroatoms. The lowest BCUT2D eigenvalue weighted by atomic mass is 10.2. The third-order valence-electron chi connectivity index (χ3n) is 3.59. The van der Waals surface area contributed by atoms with E-state index in [0.29, 0.717) is 11.6 Å². The maximum Gasteiger partial charge on any atom is 0.573 e. The van der Waals surface area contributed by atoms with Crippen molar-refractivity contribution >= 4 is 17.7 Å². The first-order chi connectivity index (χ1) is 12.3. The lowest BCUT2D eigenvalue weighted by Gasteiger charge is -2.16. The van der Waals surface area contributed by atoms with Crippen LogP contribution in [0.15, 0.2) is 29.3 Å². The lowest BCUT2D eigenvalue weighted by Crippen LogP contribution is -2.39. The largest absolute Gasteiger partial charge is 0.573 e. The minimum absolute atomic E-state index is 0.0887. The highest BCUT2D eigenvalue weighted by Gasteiger charge is 2.32. The smallest absolute Gasteiger partial charge is 0.450 e. The van der Waals surface area contributed by atoms with Gasteiger partial charge in [0.15, 0.2) is 5.96 Å². The summed E-state index contributed by atoms with van der Waals surface area (Å²) in [7, 11) is 0. The van der Waals surface area contributed by atoms with Crippen LogP contribution in [0.3, 0.4) is 0 Å². The van der Waals surface area contributed by atoms with Gasteiger partial charge in [0.2, 0.25) is 0 Å². The molecule has 0 aliphatic heterocycles. The average Bonchev–Trinajstić information content (AvgIpc) is 3.37. The summed E-state index contributed by atoms with van der Waals surface area (Å²) in [4.78, 5) is 15.7. The average molecular weight is 374 g/mol. The van der Waals surface area contributed by atoms with Crippen LogP contribution >= 0.6 is 0 Å². The summed E-state index contributed by atoms with van der Waals surface area (Å²) in [6.45, 7) is 2.28. The summed E-state index contributed by atoms with van der Waals surface area (Å²) in [6, 6.07) is 4.94. The van der Waals surface area contributed by atoms with Gasteiger partial charge in [-0.1, -0.05) is 0 Å². The van der Waals surface area contributed by atoms with E-state index in [2.05, 4.69) is 20.4 Å². The van der Waals surface area contributed by atoms with E-state index < -0.39 is 12.5 Å². The van der Waals surface area contributed by atoms with Crippen molar-refractivity contribution in [2.45, 2.75) is 32.2 Å². The van der Waals surface area contributed by atoms with Crippen LogP contribution in [-0.4, -0.2) is 37.6 Å². The number of carbonyl (C=O) groups excluding carboxylic acids is 1. The number of anilines is 1. The number of nitrogens with zero attached hydrogens (tertiary/aromatic N) is 1. The molecule has 144 valence electrons. The number of alkyl halides is 3. The number of benzene rings is 1. The van der Waals surface area contributed by atoms with Gasteiger partial charge in [-0.25, -0.2) is 4.79 Å². The molecule has 7 nitrogen and oxygen atoms in total. The molecule has 0 radical (unpaired) electrons. The van der Waals surface area contributed by atoms with Crippen molar-refractivity contribution in [2.24, 2.45) is 16.6 Å². The van der Waals surface area contributed by atoms with Crippen molar-refractivity contribution < 1.29 is 27.4 Å². The van der Waals surface area contributed by atoms with Crippen molar-refractivity contribution in [3.63, 3.8) is 0 Å². The van der Waals surface area contributed by atoms with Crippen molar-refractivity contribution in [3.8, 4) is 5.75 Å². The molecule has 1 aliphatic carbocycles. The van der Waals surface area contributed by atoms with E-state index in [0.717, 1.165) is 12.8 Å². The van der Waals surface area contributed by atoms with Crippen LogP contribution in [0.25, 0.3) is 0 Å². The predicted octanol–water partition coefficient (Wildman–Crippen LogP) is 2.84. The lowest BCUT2D eigenvalue weighted by molar-refractivity contribution is -0.274. The minimum atomic E-state index is -4.74. The summed E-state index contributed by atoms with van der Waals surface area (Å²) in [5, 5.41) is 5.53. The van der Waals surface area contributed by atoms with Crippen LogP contribution in [-0.2, 0) is 4.74 Å². The van der Waals surface area contributed by atoms with Crippen molar-refractivity contribution in [3.05, 3.63) is 24.3 Å². The summed E-state index contributed by atoms with van der Waals surface area (Å²) >= 11 is 0. The zero-order valence-electron chi connectivity index (χ0n) is 14.2. The molecular weight excluding hydrogens is 353 g/mol. The van der Waals surface area contributed by atoms with E-state index in [-0.39, 0.29) is 30.9 Å². The number of nitrogens with one attached hydrogen (secondary N) is 2. The fourth-order valence-corrected chi connectivity index (χ4v) is 2.26. The van der Waals surface area contributed by atoms with E-state index in [9.17, 15) is 18.0 Å². The molecule has 1 aliphatic rings. The highest BCUT2D eigenvalue weighted by molar-refractivity contribution is 5.92. The van der Waals surface area contributed by atoms with Crippen LogP contribution in [0.2, 0.25) is 0 Å². The topological polar surface area (TPSA) is 98.0 Å². The maximum absolute atomic E-state index is 12.1.